The molecule has 0 amide bonds. The second kappa shape index (κ2) is 8.50. The van der Waals surface area contributed by atoms with Crippen molar-refractivity contribution in [3.05, 3.63) is 0 Å². The highest BCUT2D eigenvalue weighted by Crippen LogP contribution is 2.40. The van der Waals surface area contributed by atoms with Crippen molar-refractivity contribution >= 4 is 0 Å². The lowest BCUT2D eigenvalue weighted by atomic mass is 9.70. The minimum absolute atomic E-state index is 0.517. The lowest BCUT2D eigenvalue weighted by molar-refractivity contribution is 0.0931. The predicted molar refractivity (Wildman–Crippen MR) is 89.6 cm³/mol. The molecule has 2 rings (SSSR count). The molecule has 1 heterocycles. The fraction of sp³-hybridized carbons (Fsp3) is 1.00. The average Bonchev–Trinajstić information content (AvgIpc) is 2.94. The number of nitrogens with one attached hydrogen (secondary N) is 1. The van der Waals surface area contributed by atoms with Gasteiger partial charge in [-0.05, 0) is 43.1 Å². The molecule has 2 fully saturated rings. The largest absolute Gasteiger partial charge is 0.383 e. The van der Waals surface area contributed by atoms with Crippen molar-refractivity contribution in [3.8, 4) is 0 Å². The minimum atomic E-state index is 0.517. The first kappa shape index (κ1) is 17.2. The number of hydrogen-bond donors (Lipinski definition) is 1. The van der Waals surface area contributed by atoms with Crippen LogP contribution in [-0.4, -0.2) is 51.3 Å². The fourth-order valence-corrected chi connectivity index (χ4v) is 4.16. The SMILES string of the molecule is CCC1CCN(CC2(CNCCOC)CCC(C)CC2)C1. The first-order chi connectivity index (χ1) is 10.2. The Labute approximate surface area is 131 Å². The van der Waals surface area contributed by atoms with Crippen LogP contribution in [0.1, 0.15) is 52.4 Å². The monoisotopic (exact) mass is 296 g/mol. The summed E-state index contributed by atoms with van der Waals surface area (Å²) in [5, 5.41) is 3.66. The second-order valence-electron chi connectivity index (χ2n) is 7.65. The van der Waals surface area contributed by atoms with E-state index in [4.69, 9.17) is 4.74 Å². The molecule has 3 heteroatoms. The van der Waals surface area contributed by atoms with Crippen molar-refractivity contribution in [2.24, 2.45) is 17.3 Å². The van der Waals surface area contributed by atoms with Crippen LogP contribution in [-0.2, 0) is 4.74 Å². The summed E-state index contributed by atoms with van der Waals surface area (Å²) in [6.45, 7) is 11.7. The molecule has 1 saturated carbocycles. The molecule has 0 aromatic carbocycles. The molecule has 3 nitrogen and oxygen atoms in total. The van der Waals surface area contributed by atoms with Crippen molar-refractivity contribution in [3.63, 3.8) is 0 Å². The normalized spacial score (nSPS) is 34.4. The molecule has 0 aromatic rings. The van der Waals surface area contributed by atoms with Crippen LogP contribution in [0.2, 0.25) is 0 Å². The Bertz CT molecular complexity index is 287. The first-order valence-electron chi connectivity index (χ1n) is 9.09. The van der Waals surface area contributed by atoms with Crippen molar-refractivity contribution in [1.82, 2.24) is 10.2 Å². The van der Waals surface area contributed by atoms with Crippen molar-refractivity contribution in [2.75, 3.05) is 46.4 Å². The quantitative estimate of drug-likeness (QED) is 0.696. The van der Waals surface area contributed by atoms with Gasteiger partial charge in [-0.25, -0.2) is 0 Å². The van der Waals surface area contributed by atoms with Gasteiger partial charge in [-0.3, -0.25) is 0 Å². The highest BCUT2D eigenvalue weighted by atomic mass is 16.5. The average molecular weight is 296 g/mol. The summed E-state index contributed by atoms with van der Waals surface area (Å²) in [4.78, 5) is 2.75. The first-order valence-corrected chi connectivity index (χ1v) is 9.09. The van der Waals surface area contributed by atoms with E-state index in [2.05, 4.69) is 24.1 Å². The van der Waals surface area contributed by atoms with Crippen LogP contribution in [0.15, 0.2) is 0 Å². The zero-order valence-electron chi connectivity index (χ0n) is 14.5. The summed E-state index contributed by atoms with van der Waals surface area (Å²) in [5.74, 6) is 1.88. The molecule has 1 aliphatic heterocycles. The fourth-order valence-electron chi connectivity index (χ4n) is 4.16. The predicted octanol–water partition coefficient (Wildman–Crippen LogP) is 3.15. The van der Waals surface area contributed by atoms with Gasteiger partial charge in [-0.1, -0.05) is 33.1 Å². The van der Waals surface area contributed by atoms with Gasteiger partial charge in [0.1, 0.15) is 0 Å². The Kier molecular flexibility index (Phi) is 6.97. The molecular weight excluding hydrogens is 260 g/mol. The maximum Gasteiger partial charge on any atom is 0.0587 e. The maximum absolute atomic E-state index is 5.17. The van der Waals surface area contributed by atoms with Crippen LogP contribution in [0, 0.1) is 17.3 Å². The molecule has 0 bridgehead atoms. The molecule has 2 aliphatic rings. The van der Waals surface area contributed by atoms with Gasteiger partial charge in [0.2, 0.25) is 0 Å². The molecule has 124 valence electrons. The van der Waals surface area contributed by atoms with E-state index in [1.807, 2.05) is 0 Å². The van der Waals surface area contributed by atoms with Crippen LogP contribution in [0.4, 0.5) is 0 Å². The lowest BCUT2D eigenvalue weighted by Gasteiger charge is -2.42. The molecule has 0 spiro atoms. The van der Waals surface area contributed by atoms with Crippen molar-refractivity contribution in [1.29, 1.82) is 0 Å². The van der Waals surface area contributed by atoms with Crippen molar-refractivity contribution in [2.45, 2.75) is 52.4 Å². The summed E-state index contributed by atoms with van der Waals surface area (Å²) >= 11 is 0. The smallest absolute Gasteiger partial charge is 0.0587 e. The van der Waals surface area contributed by atoms with E-state index in [-0.39, 0.29) is 0 Å². The standard InChI is InChI=1S/C18H36N2O/c1-4-17-7-11-20(13-17)15-18(14-19-10-12-21-3)8-5-16(2)6-9-18/h16-17,19H,4-15H2,1-3H3. The van der Waals surface area contributed by atoms with E-state index < -0.39 is 0 Å². The Morgan fingerprint density at radius 3 is 2.62 bits per heavy atom. The number of methoxy groups -OCH3 is 1. The van der Waals surface area contributed by atoms with Crippen LogP contribution >= 0.6 is 0 Å². The minimum Gasteiger partial charge on any atom is -0.383 e. The third-order valence-electron chi connectivity index (χ3n) is 5.82. The van der Waals surface area contributed by atoms with Gasteiger partial charge >= 0.3 is 0 Å². The molecule has 0 aromatic heterocycles. The van der Waals surface area contributed by atoms with Crippen molar-refractivity contribution < 1.29 is 4.74 Å². The van der Waals surface area contributed by atoms with Crippen LogP contribution < -0.4 is 5.32 Å². The Morgan fingerprint density at radius 2 is 2.00 bits per heavy atom. The van der Waals surface area contributed by atoms with Crippen LogP contribution in [0.5, 0.6) is 0 Å². The van der Waals surface area contributed by atoms with E-state index in [9.17, 15) is 0 Å². The highest BCUT2D eigenvalue weighted by molar-refractivity contribution is 4.91. The van der Waals surface area contributed by atoms with Crippen LogP contribution in [0.25, 0.3) is 0 Å². The Hall–Kier alpha value is -0.120. The van der Waals surface area contributed by atoms with E-state index in [1.54, 1.807) is 7.11 Å². The van der Waals surface area contributed by atoms with Gasteiger partial charge in [0.15, 0.2) is 0 Å². The molecule has 0 radical (unpaired) electrons. The zero-order chi connectivity index (χ0) is 15.1. The van der Waals surface area contributed by atoms with Gasteiger partial charge in [0.05, 0.1) is 6.61 Å². The van der Waals surface area contributed by atoms with E-state index >= 15 is 0 Å². The summed E-state index contributed by atoms with van der Waals surface area (Å²) in [6, 6.07) is 0. The molecule has 1 unspecified atom stereocenters. The van der Waals surface area contributed by atoms with Gasteiger partial charge in [-0.2, -0.15) is 0 Å². The number of nitrogens with zero attached hydrogens (tertiary/aromatic N) is 1. The van der Waals surface area contributed by atoms with E-state index in [0.29, 0.717) is 5.41 Å². The summed E-state index contributed by atoms with van der Waals surface area (Å²) < 4.78 is 5.17. The molecule has 1 N–H and O–H groups in total. The molecular formula is C18H36N2O. The van der Waals surface area contributed by atoms with Gasteiger partial charge in [-0.15, -0.1) is 0 Å². The van der Waals surface area contributed by atoms with Gasteiger partial charge < -0.3 is 15.0 Å². The van der Waals surface area contributed by atoms with Gasteiger partial charge in [0, 0.05) is 33.3 Å². The molecule has 1 aliphatic carbocycles. The molecule has 1 saturated heterocycles. The van der Waals surface area contributed by atoms with E-state index in [0.717, 1.165) is 25.0 Å². The molecule has 21 heavy (non-hydrogen) atoms. The maximum atomic E-state index is 5.17. The number of rotatable bonds is 8. The second-order valence-corrected chi connectivity index (χ2v) is 7.65. The number of likely N-dealkylation sites (tertiary alicyclic amines) is 1. The van der Waals surface area contributed by atoms with Crippen LogP contribution in [0.3, 0.4) is 0 Å². The van der Waals surface area contributed by atoms with Gasteiger partial charge in [0.25, 0.3) is 0 Å². The zero-order valence-corrected chi connectivity index (χ0v) is 14.5. The Morgan fingerprint density at radius 1 is 1.24 bits per heavy atom. The lowest BCUT2D eigenvalue weighted by Crippen LogP contribution is -2.46. The third-order valence-corrected chi connectivity index (χ3v) is 5.82. The number of ether oxygens (including phenoxy) is 1. The summed E-state index contributed by atoms with van der Waals surface area (Å²) in [5.41, 5.74) is 0.517. The highest BCUT2D eigenvalue weighted by Gasteiger charge is 2.37. The summed E-state index contributed by atoms with van der Waals surface area (Å²) in [6.07, 6.45) is 8.41. The molecule has 1 atom stereocenters. The topological polar surface area (TPSA) is 24.5 Å². The number of hydrogen-bond acceptors (Lipinski definition) is 3. The Balaban J connectivity index is 1.86. The summed E-state index contributed by atoms with van der Waals surface area (Å²) in [7, 11) is 1.79. The third kappa shape index (κ3) is 5.22. The van der Waals surface area contributed by atoms with E-state index in [1.165, 1.54) is 64.7 Å².